The van der Waals surface area contributed by atoms with Gasteiger partial charge >= 0.3 is 6.01 Å². The highest BCUT2D eigenvalue weighted by Gasteiger charge is 2.07. The number of ether oxygens (including phenoxy) is 1. The molecule has 7 heteroatoms. The van der Waals surface area contributed by atoms with Crippen molar-refractivity contribution in [3.63, 3.8) is 0 Å². The van der Waals surface area contributed by atoms with Crippen LogP contribution in [0.25, 0.3) is 10.9 Å². The summed E-state index contributed by atoms with van der Waals surface area (Å²) in [6.07, 6.45) is 7.41. The lowest BCUT2D eigenvalue weighted by Gasteiger charge is -2.02. The van der Waals surface area contributed by atoms with Gasteiger partial charge in [-0.15, -0.1) is 0 Å². The van der Waals surface area contributed by atoms with E-state index >= 15 is 0 Å². The van der Waals surface area contributed by atoms with E-state index in [1.807, 2.05) is 0 Å². The van der Waals surface area contributed by atoms with Gasteiger partial charge in [0.1, 0.15) is 0 Å². The Morgan fingerprint density at radius 1 is 1.40 bits per heavy atom. The van der Waals surface area contributed by atoms with Gasteiger partial charge < -0.3 is 4.74 Å². The Kier molecular flexibility index (Phi) is 3.16. The smallest absolute Gasteiger partial charge is 0.302 e. The molecule has 3 rings (SSSR count). The summed E-state index contributed by atoms with van der Waals surface area (Å²) in [4.78, 5) is 22.6. The molecule has 0 radical (unpaired) electrons. The third kappa shape index (κ3) is 2.37. The van der Waals surface area contributed by atoms with E-state index in [9.17, 15) is 4.79 Å². The molecule has 3 aromatic heterocycles. The quantitative estimate of drug-likeness (QED) is 0.780. The minimum atomic E-state index is -0.256. The molecule has 0 saturated carbocycles. The van der Waals surface area contributed by atoms with E-state index in [2.05, 4.69) is 27.0 Å². The number of fused-ring (bicyclic) bond motifs is 1. The summed E-state index contributed by atoms with van der Waals surface area (Å²) in [6, 6.07) is 1.75. The fraction of sp³-hybridized carbons (Fsp3) is 0.231. The highest BCUT2D eigenvalue weighted by atomic mass is 16.5. The van der Waals surface area contributed by atoms with Crippen LogP contribution in [0, 0.1) is 0 Å². The molecular weight excluding hydrogens is 258 g/mol. The summed E-state index contributed by atoms with van der Waals surface area (Å²) in [5.41, 5.74) is 0.237. The van der Waals surface area contributed by atoms with Crippen LogP contribution < -0.4 is 10.3 Å². The van der Waals surface area contributed by atoms with Crippen LogP contribution >= 0.6 is 0 Å². The number of nitrogens with zero attached hydrogens (tertiary/aromatic N) is 4. The van der Waals surface area contributed by atoms with Crippen molar-refractivity contribution in [1.82, 2.24) is 24.7 Å². The first-order valence-corrected chi connectivity index (χ1v) is 6.30. The van der Waals surface area contributed by atoms with Crippen LogP contribution in [0.2, 0.25) is 0 Å². The minimum absolute atomic E-state index is 0.131. The number of H-pyrrole nitrogens is 1. The van der Waals surface area contributed by atoms with E-state index in [4.69, 9.17) is 4.74 Å². The molecule has 0 spiro atoms. The van der Waals surface area contributed by atoms with Crippen LogP contribution in [-0.4, -0.2) is 24.7 Å². The molecule has 0 aromatic carbocycles. The lowest BCUT2D eigenvalue weighted by molar-refractivity contribution is 0.441. The van der Waals surface area contributed by atoms with Crippen LogP contribution in [0.4, 0.5) is 0 Å². The molecular formula is C13H13N5O2. The number of aryl methyl sites for hydroxylation is 1. The first-order chi connectivity index (χ1) is 9.76. The van der Waals surface area contributed by atoms with Gasteiger partial charge in [0.05, 0.1) is 29.5 Å². The van der Waals surface area contributed by atoms with E-state index in [-0.39, 0.29) is 11.6 Å². The summed E-state index contributed by atoms with van der Waals surface area (Å²) >= 11 is 0. The molecule has 0 saturated heterocycles. The maximum absolute atomic E-state index is 11.9. The summed E-state index contributed by atoms with van der Waals surface area (Å²) < 4.78 is 7.29. The van der Waals surface area contributed by atoms with Crippen molar-refractivity contribution in [2.45, 2.75) is 19.9 Å². The number of pyridine rings is 1. The normalized spacial score (nSPS) is 10.8. The maximum Gasteiger partial charge on any atom is 0.302 e. The van der Waals surface area contributed by atoms with Crippen molar-refractivity contribution in [3.05, 3.63) is 41.2 Å². The molecule has 1 N–H and O–H groups in total. The van der Waals surface area contributed by atoms with Gasteiger partial charge in [-0.1, -0.05) is 6.92 Å². The van der Waals surface area contributed by atoms with E-state index in [0.29, 0.717) is 16.7 Å². The number of nitrogens with one attached hydrogen (secondary N) is 1. The third-order valence-corrected chi connectivity index (χ3v) is 2.76. The van der Waals surface area contributed by atoms with Crippen molar-refractivity contribution < 1.29 is 4.74 Å². The topological polar surface area (TPSA) is 85.7 Å². The Morgan fingerprint density at radius 2 is 2.30 bits per heavy atom. The molecule has 0 bridgehead atoms. The zero-order chi connectivity index (χ0) is 13.9. The second-order valence-corrected chi connectivity index (χ2v) is 4.31. The average molecular weight is 271 g/mol. The molecule has 0 fully saturated rings. The molecule has 102 valence electrons. The Morgan fingerprint density at radius 3 is 3.15 bits per heavy atom. The summed E-state index contributed by atoms with van der Waals surface area (Å²) in [7, 11) is 0. The van der Waals surface area contributed by atoms with Crippen LogP contribution in [0.5, 0.6) is 11.8 Å². The molecule has 0 aliphatic heterocycles. The Bertz CT molecular complexity index is 793. The molecule has 0 atom stereocenters. The Hall–Kier alpha value is -2.70. The van der Waals surface area contributed by atoms with E-state index in [0.717, 1.165) is 13.0 Å². The highest BCUT2D eigenvalue weighted by Crippen LogP contribution is 2.17. The van der Waals surface area contributed by atoms with Gasteiger partial charge in [0.25, 0.3) is 5.56 Å². The van der Waals surface area contributed by atoms with Crippen molar-refractivity contribution in [1.29, 1.82) is 0 Å². The van der Waals surface area contributed by atoms with Crippen molar-refractivity contribution >= 4 is 10.9 Å². The van der Waals surface area contributed by atoms with Crippen molar-refractivity contribution in [2.24, 2.45) is 0 Å². The highest BCUT2D eigenvalue weighted by molar-refractivity contribution is 5.76. The predicted octanol–water partition coefficient (Wildman–Crippen LogP) is 1.72. The lowest BCUT2D eigenvalue weighted by Crippen LogP contribution is -2.09. The van der Waals surface area contributed by atoms with Gasteiger partial charge in [-0.05, 0) is 12.5 Å². The fourth-order valence-electron chi connectivity index (χ4n) is 1.88. The number of rotatable bonds is 4. The van der Waals surface area contributed by atoms with Crippen molar-refractivity contribution in [2.75, 3.05) is 0 Å². The third-order valence-electron chi connectivity index (χ3n) is 2.76. The van der Waals surface area contributed by atoms with Crippen LogP contribution in [0.1, 0.15) is 13.3 Å². The standard InChI is InChI=1S/C13H13N5O2/c1-2-5-18-8-9(6-15-18)20-13-16-11-7-14-4-3-10(11)12(19)17-13/h3-4,6-8H,2,5H2,1H3,(H,16,17,19). The Balaban J connectivity index is 1.92. The van der Waals surface area contributed by atoms with Crippen LogP contribution in [0.3, 0.4) is 0 Å². The number of hydrogen-bond donors (Lipinski definition) is 1. The largest absolute Gasteiger partial charge is 0.422 e. The summed E-state index contributed by atoms with van der Waals surface area (Å²) in [6.45, 7) is 2.88. The number of aromatic amines is 1. The fourth-order valence-corrected chi connectivity index (χ4v) is 1.88. The molecule has 3 aromatic rings. The minimum Gasteiger partial charge on any atom is -0.422 e. The monoisotopic (exact) mass is 271 g/mol. The molecule has 3 heterocycles. The second kappa shape index (κ2) is 5.12. The van der Waals surface area contributed by atoms with E-state index < -0.39 is 0 Å². The maximum atomic E-state index is 11.9. The molecule has 20 heavy (non-hydrogen) atoms. The van der Waals surface area contributed by atoms with Gasteiger partial charge in [-0.25, -0.2) is 0 Å². The predicted molar refractivity (Wildman–Crippen MR) is 72.8 cm³/mol. The van der Waals surface area contributed by atoms with E-state index in [1.54, 1.807) is 29.3 Å². The first kappa shape index (κ1) is 12.3. The average Bonchev–Trinajstić information content (AvgIpc) is 2.87. The van der Waals surface area contributed by atoms with Gasteiger partial charge in [0, 0.05) is 12.7 Å². The van der Waals surface area contributed by atoms with Gasteiger partial charge in [-0.2, -0.15) is 10.1 Å². The molecule has 0 aliphatic carbocycles. The second-order valence-electron chi connectivity index (χ2n) is 4.31. The van der Waals surface area contributed by atoms with Crippen LogP contribution in [-0.2, 0) is 6.54 Å². The lowest BCUT2D eigenvalue weighted by atomic mass is 10.3. The Labute approximate surface area is 114 Å². The number of aromatic nitrogens is 5. The van der Waals surface area contributed by atoms with E-state index in [1.165, 1.54) is 6.20 Å². The molecule has 0 aliphatic rings. The number of hydrogen-bond acceptors (Lipinski definition) is 5. The molecule has 7 nitrogen and oxygen atoms in total. The van der Waals surface area contributed by atoms with Gasteiger partial charge in [0.15, 0.2) is 5.75 Å². The SMILES string of the molecule is CCCn1cc(Oc2nc3cnccc3c(=O)[nH]2)cn1. The summed E-state index contributed by atoms with van der Waals surface area (Å²) in [5.74, 6) is 0.532. The molecule has 0 amide bonds. The van der Waals surface area contributed by atoms with Crippen LogP contribution in [0.15, 0.2) is 35.6 Å². The zero-order valence-electron chi connectivity index (χ0n) is 10.9. The van der Waals surface area contributed by atoms with Crippen molar-refractivity contribution in [3.8, 4) is 11.8 Å². The molecule has 0 unspecified atom stereocenters. The van der Waals surface area contributed by atoms with Gasteiger partial charge in [0.2, 0.25) is 0 Å². The first-order valence-electron chi connectivity index (χ1n) is 6.30. The van der Waals surface area contributed by atoms with Gasteiger partial charge in [-0.3, -0.25) is 19.4 Å². The summed E-state index contributed by atoms with van der Waals surface area (Å²) in [5, 5.41) is 4.63. The zero-order valence-corrected chi connectivity index (χ0v) is 10.9.